The lowest BCUT2D eigenvalue weighted by Gasteiger charge is -2.32. The van der Waals surface area contributed by atoms with Crippen LogP contribution in [-0.4, -0.2) is 28.9 Å². The Kier molecular flexibility index (Phi) is 5.57. The largest absolute Gasteiger partial charge is 0.343 e. The van der Waals surface area contributed by atoms with Crippen molar-refractivity contribution in [3.63, 3.8) is 0 Å². The van der Waals surface area contributed by atoms with Gasteiger partial charge in [-0.2, -0.15) is 0 Å². The summed E-state index contributed by atoms with van der Waals surface area (Å²) in [5.41, 5.74) is 2.02. The van der Waals surface area contributed by atoms with Gasteiger partial charge >= 0.3 is 0 Å². The number of benzene rings is 1. The highest BCUT2D eigenvalue weighted by Gasteiger charge is 2.22. The van der Waals surface area contributed by atoms with E-state index in [2.05, 4.69) is 4.98 Å². The molecule has 1 aliphatic rings. The number of pyridine rings is 1. The van der Waals surface area contributed by atoms with Crippen LogP contribution >= 0.6 is 0 Å². The van der Waals surface area contributed by atoms with Crippen LogP contribution in [0.2, 0.25) is 0 Å². The second-order valence-corrected chi connectivity index (χ2v) is 6.48. The van der Waals surface area contributed by atoms with Gasteiger partial charge in [0, 0.05) is 31.4 Å². The van der Waals surface area contributed by atoms with Crippen LogP contribution in [0.15, 0.2) is 48.7 Å². The van der Waals surface area contributed by atoms with Gasteiger partial charge in [-0.15, -0.1) is 0 Å². The number of amides is 1. The van der Waals surface area contributed by atoms with Crippen molar-refractivity contribution in [2.24, 2.45) is 5.92 Å². The fraction of sp³-hybridized carbons (Fsp3) is 0.400. The number of rotatable bonds is 5. The molecule has 0 unspecified atom stereocenters. The molecule has 1 saturated heterocycles. The summed E-state index contributed by atoms with van der Waals surface area (Å²) in [5.74, 6) is 0.575. The number of aryl methyl sites for hydroxylation is 1. The van der Waals surface area contributed by atoms with Gasteiger partial charge in [-0.25, -0.2) is 4.39 Å². The molecular formula is C20H23FN2O. The third kappa shape index (κ3) is 4.63. The molecule has 0 radical (unpaired) electrons. The van der Waals surface area contributed by atoms with E-state index in [0.717, 1.165) is 43.6 Å². The highest BCUT2D eigenvalue weighted by molar-refractivity contribution is 5.76. The average Bonchev–Trinajstić information content (AvgIpc) is 2.61. The van der Waals surface area contributed by atoms with E-state index in [1.165, 1.54) is 6.07 Å². The van der Waals surface area contributed by atoms with Crippen molar-refractivity contribution >= 4 is 5.91 Å². The van der Waals surface area contributed by atoms with E-state index >= 15 is 0 Å². The van der Waals surface area contributed by atoms with E-state index in [1.54, 1.807) is 18.3 Å². The predicted octanol–water partition coefficient (Wildman–Crippen LogP) is 3.63. The first-order valence-corrected chi connectivity index (χ1v) is 8.63. The standard InChI is InChI=1S/C20H23FN2O/c21-18-5-3-4-17(15-18)14-16-9-12-23(13-10-16)20(24)8-7-19-6-1-2-11-22-19/h1-6,11,15-16H,7-10,12-14H2. The molecule has 1 fully saturated rings. The summed E-state index contributed by atoms with van der Waals surface area (Å²) in [6, 6.07) is 12.6. The first-order chi connectivity index (χ1) is 11.7. The van der Waals surface area contributed by atoms with E-state index in [-0.39, 0.29) is 11.7 Å². The SMILES string of the molecule is O=C(CCc1ccccn1)N1CCC(Cc2cccc(F)c2)CC1. The molecule has 0 aliphatic carbocycles. The van der Waals surface area contributed by atoms with Crippen molar-refractivity contribution in [3.05, 3.63) is 65.7 Å². The van der Waals surface area contributed by atoms with Gasteiger partial charge in [-0.3, -0.25) is 9.78 Å². The number of carbonyl (C=O) groups is 1. The molecule has 24 heavy (non-hydrogen) atoms. The maximum atomic E-state index is 13.3. The molecule has 3 rings (SSSR count). The van der Waals surface area contributed by atoms with Gasteiger partial charge < -0.3 is 4.90 Å². The Labute approximate surface area is 142 Å². The normalized spacial score (nSPS) is 15.5. The fourth-order valence-corrected chi connectivity index (χ4v) is 3.32. The molecule has 1 aliphatic heterocycles. The Hall–Kier alpha value is -2.23. The first-order valence-electron chi connectivity index (χ1n) is 8.63. The van der Waals surface area contributed by atoms with E-state index in [0.29, 0.717) is 18.8 Å². The number of nitrogens with zero attached hydrogens (tertiary/aromatic N) is 2. The summed E-state index contributed by atoms with van der Waals surface area (Å²) in [6.07, 6.45) is 5.86. The van der Waals surface area contributed by atoms with Crippen molar-refractivity contribution in [1.82, 2.24) is 9.88 Å². The van der Waals surface area contributed by atoms with Crippen LogP contribution in [0.1, 0.15) is 30.5 Å². The number of hydrogen-bond donors (Lipinski definition) is 0. The molecule has 0 bridgehead atoms. The van der Waals surface area contributed by atoms with Crippen LogP contribution in [0.3, 0.4) is 0 Å². The molecule has 2 aromatic rings. The average molecular weight is 326 g/mol. The van der Waals surface area contributed by atoms with E-state index in [9.17, 15) is 9.18 Å². The van der Waals surface area contributed by atoms with Gasteiger partial charge in [0.15, 0.2) is 0 Å². The van der Waals surface area contributed by atoms with Gasteiger partial charge in [0.1, 0.15) is 5.82 Å². The van der Waals surface area contributed by atoms with E-state index in [4.69, 9.17) is 0 Å². The second-order valence-electron chi connectivity index (χ2n) is 6.48. The van der Waals surface area contributed by atoms with Crippen LogP contribution in [0.25, 0.3) is 0 Å². The number of carbonyl (C=O) groups excluding carboxylic acids is 1. The van der Waals surface area contributed by atoms with Crippen molar-refractivity contribution in [3.8, 4) is 0 Å². The maximum Gasteiger partial charge on any atom is 0.222 e. The van der Waals surface area contributed by atoms with Crippen LogP contribution in [0, 0.1) is 11.7 Å². The molecule has 3 nitrogen and oxygen atoms in total. The predicted molar refractivity (Wildman–Crippen MR) is 92.0 cm³/mol. The summed E-state index contributed by atoms with van der Waals surface area (Å²) >= 11 is 0. The van der Waals surface area contributed by atoms with Gasteiger partial charge in [-0.05, 0) is 61.4 Å². The molecule has 0 spiro atoms. The molecular weight excluding hydrogens is 303 g/mol. The minimum atomic E-state index is -0.172. The van der Waals surface area contributed by atoms with Gasteiger partial charge in [0.2, 0.25) is 5.91 Å². The molecule has 4 heteroatoms. The molecule has 1 aromatic heterocycles. The monoisotopic (exact) mass is 326 g/mol. The van der Waals surface area contributed by atoms with Crippen LogP contribution in [0.5, 0.6) is 0 Å². The van der Waals surface area contributed by atoms with Crippen molar-refractivity contribution < 1.29 is 9.18 Å². The van der Waals surface area contributed by atoms with Gasteiger partial charge in [-0.1, -0.05) is 18.2 Å². The van der Waals surface area contributed by atoms with E-state index < -0.39 is 0 Å². The Morgan fingerprint density at radius 1 is 1.17 bits per heavy atom. The Morgan fingerprint density at radius 2 is 2.00 bits per heavy atom. The smallest absolute Gasteiger partial charge is 0.222 e. The van der Waals surface area contributed by atoms with Gasteiger partial charge in [0.25, 0.3) is 0 Å². The maximum absolute atomic E-state index is 13.3. The van der Waals surface area contributed by atoms with E-state index in [1.807, 2.05) is 29.2 Å². The zero-order valence-corrected chi connectivity index (χ0v) is 13.8. The van der Waals surface area contributed by atoms with Gasteiger partial charge in [0.05, 0.1) is 0 Å². The van der Waals surface area contributed by atoms with Crippen molar-refractivity contribution in [2.75, 3.05) is 13.1 Å². The lowest BCUT2D eigenvalue weighted by molar-refractivity contribution is -0.132. The summed E-state index contributed by atoms with van der Waals surface area (Å²) in [6.45, 7) is 1.61. The molecule has 126 valence electrons. The highest BCUT2D eigenvalue weighted by atomic mass is 19.1. The first kappa shape index (κ1) is 16.6. The molecule has 2 heterocycles. The van der Waals surface area contributed by atoms with Crippen LogP contribution in [0.4, 0.5) is 4.39 Å². The minimum Gasteiger partial charge on any atom is -0.343 e. The Balaban J connectivity index is 1.43. The summed E-state index contributed by atoms with van der Waals surface area (Å²) in [4.78, 5) is 18.6. The summed E-state index contributed by atoms with van der Waals surface area (Å²) in [5, 5.41) is 0. The minimum absolute atomic E-state index is 0.172. The quantitative estimate of drug-likeness (QED) is 0.840. The number of hydrogen-bond acceptors (Lipinski definition) is 2. The molecule has 1 amide bonds. The van der Waals surface area contributed by atoms with Crippen LogP contribution < -0.4 is 0 Å². The zero-order chi connectivity index (χ0) is 16.8. The topological polar surface area (TPSA) is 33.2 Å². The highest BCUT2D eigenvalue weighted by Crippen LogP contribution is 2.22. The lowest BCUT2D eigenvalue weighted by Crippen LogP contribution is -2.39. The summed E-state index contributed by atoms with van der Waals surface area (Å²) in [7, 11) is 0. The van der Waals surface area contributed by atoms with Crippen LogP contribution in [-0.2, 0) is 17.6 Å². The van der Waals surface area contributed by atoms with Crippen molar-refractivity contribution in [2.45, 2.75) is 32.1 Å². The Morgan fingerprint density at radius 3 is 2.71 bits per heavy atom. The second kappa shape index (κ2) is 8.04. The number of likely N-dealkylation sites (tertiary alicyclic amines) is 1. The number of piperidine rings is 1. The Bertz CT molecular complexity index is 666. The van der Waals surface area contributed by atoms with Crippen molar-refractivity contribution in [1.29, 1.82) is 0 Å². The molecule has 0 saturated carbocycles. The molecule has 0 N–H and O–H groups in total. The molecule has 1 aromatic carbocycles. The lowest BCUT2D eigenvalue weighted by atomic mass is 9.90. The number of halogens is 1. The third-order valence-electron chi connectivity index (χ3n) is 4.70. The molecule has 0 atom stereocenters. The summed E-state index contributed by atoms with van der Waals surface area (Å²) < 4.78 is 13.3. The third-order valence-corrected chi connectivity index (χ3v) is 4.70. The number of aromatic nitrogens is 1. The zero-order valence-electron chi connectivity index (χ0n) is 13.8. The fourth-order valence-electron chi connectivity index (χ4n) is 3.32.